The van der Waals surface area contributed by atoms with Crippen LogP contribution in [0.3, 0.4) is 0 Å². The minimum Gasteiger partial charge on any atom is -0.392 e. The zero-order valence-electron chi connectivity index (χ0n) is 10.6. The largest absolute Gasteiger partial charge is 0.392 e. The third kappa shape index (κ3) is 3.73. The summed E-state index contributed by atoms with van der Waals surface area (Å²) in [6.07, 6.45) is 0.0991. The zero-order chi connectivity index (χ0) is 14.5. The van der Waals surface area contributed by atoms with Crippen molar-refractivity contribution in [3.05, 3.63) is 63.6 Å². The van der Waals surface area contributed by atoms with Crippen molar-refractivity contribution in [2.45, 2.75) is 13.0 Å². The Morgan fingerprint density at radius 3 is 2.40 bits per heavy atom. The second-order valence-corrected chi connectivity index (χ2v) is 5.10. The number of nitrogens with one attached hydrogen (secondary N) is 1. The molecule has 2 N–H and O–H groups in total. The molecule has 0 atom stereocenters. The summed E-state index contributed by atoms with van der Waals surface area (Å²) in [5.41, 5.74) is 1.97. The molecule has 0 aromatic heterocycles. The number of amides is 1. The van der Waals surface area contributed by atoms with Gasteiger partial charge in [-0.1, -0.05) is 41.4 Å². The highest BCUT2D eigenvalue weighted by Gasteiger charge is 2.11. The minimum absolute atomic E-state index is 0.0694. The molecule has 0 saturated heterocycles. The molecule has 0 aliphatic heterocycles. The van der Waals surface area contributed by atoms with Crippen LogP contribution in [0.2, 0.25) is 10.0 Å². The van der Waals surface area contributed by atoms with Crippen LogP contribution in [-0.4, -0.2) is 11.0 Å². The molecule has 0 saturated carbocycles. The molecular weight excluding hydrogens is 297 g/mol. The Bertz CT molecular complexity index is 609. The number of benzene rings is 2. The number of halogens is 2. The summed E-state index contributed by atoms with van der Waals surface area (Å²) in [6, 6.07) is 12.1. The summed E-state index contributed by atoms with van der Waals surface area (Å²) < 4.78 is 0. The fourth-order valence-electron chi connectivity index (χ4n) is 1.81. The highest BCUT2D eigenvalue weighted by molar-refractivity contribution is 6.36. The number of hydrogen-bond acceptors (Lipinski definition) is 2. The molecule has 0 aliphatic rings. The first-order chi connectivity index (χ1) is 9.60. The first-order valence-electron chi connectivity index (χ1n) is 6.02. The van der Waals surface area contributed by atoms with Crippen molar-refractivity contribution >= 4 is 34.8 Å². The molecule has 104 valence electrons. The van der Waals surface area contributed by atoms with Crippen molar-refractivity contribution in [2.24, 2.45) is 0 Å². The Kier molecular flexibility index (Phi) is 5.01. The lowest BCUT2D eigenvalue weighted by Crippen LogP contribution is -2.15. The molecule has 2 aromatic rings. The lowest BCUT2D eigenvalue weighted by Gasteiger charge is -2.09. The number of aliphatic hydroxyl groups excluding tert-OH is 1. The monoisotopic (exact) mass is 309 g/mol. The molecule has 0 spiro atoms. The van der Waals surface area contributed by atoms with E-state index < -0.39 is 0 Å². The van der Waals surface area contributed by atoms with Crippen molar-refractivity contribution in [3.8, 4) is 0 Å². The lowest BCUT2D eigenvalue weighted by molar-refractivity contribution is -0.115. The number of hydrogen-bond donors (Lipinski definition) is 2. The van der Waals surface area contributed by atoms with Gasteiger partial charge in [0.05, 0.1) is 13.0 Å². The lowest BCUT2D eigenvalue weighted by atomic mass is 10.1. The van der Waals surface area contributed by atoms with E-state index in [-0.39, 0.29) is 18.9 Å². The van der Waals surface area contributed by atoms with E-state index in [1.807, 2.05) is 0 Å². The van der Waals surface area contributed by atoms with Gasteiger partial charge in [-0.25, -0.2) is 0 Å². The summed E-state index contributed by atoms with van der Waals surface area (Å²) >= 11 is 12.1. The number of aliphatic hydroxyl groups is 1. The van der Waals surface area contributed by atoms with Gasteiger partial charge in [-0.3, -0.25) is 4.79 Å². The fourth-order valence-corrected chi connectivity index (χ4v) is 2.35. The van der Waals surface area contributed by atoms with Gasteiger partial charge >= 0.3 is 0 Å². The normalized spacial score (nSPS) is 10.3. The highest BCUT2D eigenvalue weighted by atomic mass is 35.5. The maximum absolute atomic E-state index is 12.0. The molecule has 20 heavy (non-hydrogen) atoms. The van der Waals surface area contributed by atoms with Crippen LogP contribution in [0.15, 0.2) is 42.5 Å². The van der Waals surface area contributed by atoms with Crippen LogP contribution in [0.25, 0.3) is 0 Å². The van der Waals surface area contributed by atoms with E-state index in [0.717, 1.165) is 5.56 Å². The Balaban J connectivity index is 2.09. The topological polar surface area (TPSA) is 49.3 Å². The van der Waals surface area contributed by atoms with E-state index in [1.165, 1.54) is 0 Å². The van der Waals surface area contributed by atoms with Crippen molar-refractivity contribution in [3.63, 3.8) is 0 Å². The van der Waals surface area contributed by atoms with E-state index in [9.17, 15) is 4.79 Å². The fraction of sp³-hybridized carbons (Fsp3) is 0.133. The first kappa shape index (κ1) is 14.9. The number of rotatable bonds is 4. The number of anilines is 1. The van der Waals surface area contributed by atoms with Crippen LogP contribution in [0.5, 0.6) is 0 Å². The third-order valence-corrected chi connectivity index (χ3v) is 3.50. The first-order valence-corrected chi connectivity index (χ1v) is 6.78. The second kappa shape index (κ2) is 6.75. The van der Waals surface area contributed by atoms with Crippen LogP contribution in [-0.2, 0) is 17.8 Å². The molecular formula is C15H13Cl2NO2. The van der Waals surface area contributed by atoms with Gasteiger partial charge in [0.25, 0.3) is 0 Å². The molecule has 0 radical (unpaired) electrons. The van der Waals surface area contributed by atoms with Crippen LogP contribution in [0, 0.1) is 0 Å². The molecule has 0 aliphatic carbocycles. The Hall–Kier alpha value is -1.55. The molecule has 0 bridgehead atoms. The summed E-state index contributed by atoms with van der Waals surface area (Å²) in [5, 5.41) is 12.7. The Morgan fingerprint density at radius 2 is 1.75 bits per heavy atom. The Morgan fingerprint density at radius 1 is 1.10 bits per heavy atom. The summed E-state index contributed by atoms with van der Waals surface area (Å²) in [4.78, 5) is 12.0. The SMILES string of the molecule is O=C(Cc1c(Cl)cccc1Cl)Nc1cccc(CO)c1. The quantitative estimate of drug-likeness (QED) is 0.905. The Labute approximate surface area is 127 Å². The van der Waals surface area contributed by atoms with Gasteiger partial charge in [-0.15, -0.1) is 0 Å². The predicted molar refractivity (Wildman–Crippen MR) is 81.2 cm³/mol. The van der Waals surface area contributed by atoms with Crippen molar-refractivity contribution in [2.75, 3.05) is 5.32 Å². The van der Waals surface area contributed by atoms with Gasteiger partial charge in [0.15, 0.2) is 0 Å². The molecule has 0 unspecified atom stereocenters. The molecule has 2 aromatic carbocycles. The minimum atomic E-state index is -0.213. The van der Waals surface area contributed by atoms with Crippen molar-refractivity contribution in [1.29, 1.82) is 0 Å². The van der Waals surface area contributed by atoms with Gasteiger partial charge in [0.2, 0.25) is 5.91 Å². The molecule has 1 amide bonds. The van der Waals surface area contributed by atoms with Crippen LogP contribution in [0.1, 0.15) is 11.1 Å². The summed E-state index contributed by atoms with van der Waals surface area (Å²) in [6.45, 7) is -0.0694. The van der Waals surface area contributed by atoms with E-state index >= 15 is 0 Å². The average Bonchev–Trinajstić information content (AvgIpc) is 2.43. The third-order valence-electron chi connectivity index (χ3n) is 2.79. The number of carbonyl (C=O) groups is 1. The average molecular weight is 310 g/mol. The smallest absolute Gasteiger partial charge is 0.228 e. The maximum Gasteiger partial charge on any atom is 0.228 e. The number of carbonyl (C=O) groups excluding carboxylic acids is 1. The second-order valence-electron chi connectivity index (χ2n) is 4.28. The van der Waals surface area contributed by atoms with Gasteiger partial charge in [-0.2, -0.15) is 0 Å². The summed E-state index contributed by atoms with van der Waals surface area (Å²) in [7, 11) is 0. The maximum atomic E-state index is 12.0. The summed E-state index contributed by atoms with van der Waals surface area (Å²) in [5.74, 6) is -0.213. The van der Waals surface area contributed by atoms with Gasteiger partial charge in [0.1, 0.15) is 0 Å². The van der Waals surface area contributed by atoms with E-state index in [0.29, 0.717) is 21.3 Å². The van der Waals surface area contributed by atoms with Crippen LogP contribution < -0.4 is 5.32 Å². The van der Waals surface area contributed by atoms with Crippen molar-refractivity contribution < 1.29 is 9.90 Å². The zero-order valence-corrected chi connectivity index (χ0v) is 12.1. The standard InChI is InChI=1S/C15H13Cl2NO2/c16-13-5-2-6-14(17)12(13)8-15(20)18-11-4-1-3-10(7-11)9-19/h1-7,19H,8-9H2,(H,18,20). The van der Waals surface area contributed by atoms with Gasteiger partial charge in [0, 0.05) is 15.7 Å². The molecule has 0 fully saturated rings. The highest BCUT2D eigenvalue weighted by Crippen LogP contribution is 2.25. The van der Waals surface area contributed by atoms with Crippen molar-refractivity contribution in [1.82, 2.24) is 0 Å². The molecule has 0 heterocycles. The van der Waals surface area contributed by atoms with E-state index in [4.69, 9.17) is 28.3 Å². The van der Waals surface area contributed by atoms with Crippen LogP contribution in [0.4, 0.5) is 5.69 Å². The predicted octanol–water partition coefficient (Wildman–Crippen LogP) is 3.67. The van der Waals surface area contributed by atoms with Crippen LogP contribution >= 0.6 is 23.2 Å². The van der Waals surface area contributed by atoms with E-state index in [2.05, 4.69) is 5.32 Å². The van der Waals surface area contributed by atoms with E-state index in [1.54, 1.807) is 42.5 Å². The molecule has 3 nitrogen and oxygen atoms in total. The molecule has 2 rings (SSSR count). The van der Waals surface area contributed by atoms with Gasteiger partial charge < -0.3 is 10.4 Å². The van der Waals surface area contributed by atoms with Gasteiger partial charge in [-0.05, 0) is 35.4 Å². The molecule has 5 heteroatoms.